The summed E-state index contributed by atoms with van der Waals surface area (Å²) < 4.78 is 11.4. The van der Waals surface area contributed by atoms with Crippen LogP contribution in [-0.2, 0) is 11.2 Å². The van der Waals surface area contributed by atoms with E-state index in [1.54, 1.807) is 4.90 Å². The summed E-state index contributed by atoms with van der Waals surface area (Å²) in [6.07, 6.45) is 3.82. The van der Waals surface area contributed by atoms with E-state index in [0.717, 1.165) is 36.4 Å². The largest absolute Gasteiger partial charge is 0.490 e. The first-order valence-corrected chi connectivity index (χ1v) is 9.07. The second-order valence-corrected chi connectivity index (χ2v) is 6.38. The zero-order chi connectivity index (χ0) is 18.4. The number of para-hydroxylation sites is 1. The molecule has 2 aromatic carbocycles. The molecule has 0 fully saturated rings. The predicted octanol–water partition coefficient (Wildman–Crippen LogP) is 3.95. The van der Waals surface area contributed by atoms with Crippen molar-refractivity contribution in [1.29, 1.82) is 0 Å². The van der Waals surface area contributed by atoms with Crippen LogP contribution in [0.2, 0.25) is 0 Å². The number of aryl methyl sites for hydroxylation is 1. The van der Waals surface area contributed by atoms with E-state index < -0.39 is 0 Å². The molecule has 1 aliphatic rings. The summed E-state index contributed by atoms with van der Waals surface area (Å²) in [6, 6.07) is 16.1. The Morgan fingerprint density at radius 3 is 2.73 bits per heavy atom. The van der Waals surface area contributed by atoms with Gasteiger partial charge in [0.2, 0.25) is 0 Å². The van der Waals surface area contributed by atoms with E-state index in [4.69, 9.17) is 9.47 Å². The van der Waals surface area contributed by atoms with Crippen molar-refractivity contribution in [2.45, 2.75) is 19.8 Å². The van der Waals surface area contributed by atoms with Crippen molar-refractivity contribution in [2.75, 3.05) is 26.8 Å². The Bertz CT molecular complexity index is 783. The van der Waals surface area contributed by atoms with Crippen LogP contribution < -0.4 is 9.47 Å². The van der Waals surface area contributed by atoms with E-state index in [1.165, 1.54) is 5.56 Å². The SMILES string of the molecule is CCOc1cccc2c1OCC(C(=O)N(C)CCCc1ccccc1)=C2. The lowest BCUT2D eigenvalue weighted by atomic mass is 10.1. The van der Waals surface area contributed by atoms with E-state index in [0.29, 0.717) is 12.2 Å². The van der Waals surface area contributed by atoms with E-state index in [1.807, 2.05) is 56.4 Å². The average Bonchev–Trinajstić information content (AvgIpc) is 2.68. The predicted molar refractivity (Wildman–Crippen MR) is 103 cm³/mol. The second-order valence-electron chi connectivity index (χ2n) is 6.38. The minimum Gasteiger partial charge on any atom is -0.490 e. The van der Waals surface area contributed by atoms with E-state index in [-0.39, 0.29) is 12.5 Å². The third-order valence-corrected chi connectivity index (χ3v) is 4.43. The van der Waals surface area contributed by atoms with Gasteiger partial charge in [-0.1, -0.05) is 42.5 Å². The van der Waals surface area contributed by atoms with Gasteiger partial charge in [0.25, 0.3) is 5.91 Å². The van der Waals surface area contributed by atoms with Gasteiger partial charge in [-0.2, -0.15) is 0 Å². The molecule has 1 heterocycles. The van der Waals surface area contributed by atoms with Gasteiger partial charge in [-0.25, -0.2) is 0 Å². The van der Waals surface area contributed by atoms with Crippen LogP contribution in [0.25, 0.3) is 6.08 Å². The van der Waals surface area contributed by atoms with Crippen molar-refractivity contribution in [3.63, 3.8) is 0 Å². The van der Waals surface area contributed by atoms with Gasteiger partial charge in [0.15, 0.2) is 11.5 Å². The minimum atomic E-state index is 0.0190. The monoisotopic (exact) mass is 351 g/mol. The van der Waals surface area contributed by atoms with Crippen LogP contribution in [0.5, 0.6) is 11.5 Å². The molecule has 1 aliphatic heterocycles. The van der Waals surface area contributed by atoms with Gasteiger partial charge >= 0.3 is 0 Å². The molecule has 0 spiro atoms. The van der Waals surface area contributed by atoms with Gasteiger partial charge in [-0.3, -0.25) is 4.79 Å². The Balaban J connectivity index is 1.61. The first-order valence-electron chi connectivity index (χ1n) is 9.07. The van der Waals surface area contributed by atoms with Gasteiger partial charge in [0.1, 0.15) is 6.61 Å². The van der Waals surface area contributed by atoms with E-state index >= 15 is 0 Å². The molecule has 0 atom stereocenters. The second kappa shape index (κ2) is 8.56. The van der Waals surface area contributed by atoms with Gasteiger partial charge in [0.05, 0.1) is 12.2 Å². The number of rotatable bonds is 7. The lowest BCUT2D eigenvalue weighted by Gasteiger charge is -2.23. The highest BCUT2D eigenvalue weighted by atomic mass is 16.5. The molecule has 26 heavy (non-hydrogen) atoms. The third-order valence-electron chi connectivity index (χ3n) is 4.43. The van der Waals surface area contributed by atoms with Crippen molar-refractivity contribution in [1.82, 2.24) is 4.90 Å². The summed E-state index contributed by atoms with van der Waals surface area (Å²) in [5, 5.41) is 0. The fraction of sp³-hybridized carbons (Fsp3) is 0.318. The maximum atomic E-state index is 12.7. The number of hydrogen-bond acceptors (Lipinski definition) is 3. The van der Waals surface area contributed by atoms with Crippen LogP contribution in [0.15, 0.2) is 54.1 Å². The molecule has 1 amide bonds. The third kappa shape index (κ3) is 4.26. The standard InChI is InChI=1S/C22H25NO3/c1-3-25-20-13-7-12-18-15-19(16-26-21(18)20)22(24)23(2)14-8-11-17-9-5-4-6-10-17/h4-7,9-10,12-13,15H,3,8,11,14,16H2,1-2H3. The highest BCUT2D eigenvalue weighted by molar-refractivity contribution is 5.99. The van der Waals surface area contributed by atoms with E-state index in [9.17, 15) is 4.79 Å². The minimum absolute atomic E-state index is 0.0190. The molecule has 0 radical (unpaired) electrons. The van der Waals surface area contributed by atoms with Crippen molar-refractivity contribution in [3.05, 3.63) is 65.2 Å². The van der Waals surface area contributed by atoms with Crippen LogP contribution in [0.4, 0.5) is 0 Å². The smallest absolute Gasteiger partial charge is 0.252 e. The number of fused-ring (bicyclic) bond motifs is 1. The number of amides is 1. The Labute approximate surface area is 155 Å². The Kier molecular flexibility index (Phi) is 5.95. The summed E-state index contributed by atoms with van der Waals surface area (Å²) in [5.41, 5.74) is 2.86. The Morgan fingerprint density at radius 1 is 1.15 bits per heavy atom. The summed E-state index contributed by atoms with van der Waals surface area (Å²) in [7, 11) is 1.85. The lowest BCUT2D eigenvalue weighted by molar-refractivity contribution is -0.126. The van der Waals surface area contributed by atoms with E-state index in [2.05, 4.69) is 12.1 Å². The summed E-state index contributed by atoms with van der Waals surface area (Å²) in [5.74, 6) is 1.46. The molecular formula is C22H25NO3. The molecule has 0 unspecified atom stereocenters. The average molecular weight is 351 g/mol. The fourth-order valence-corrected chi connectivity index (χ4v) is 3.08. The molecule has 0 saturated carbocycles. The van der Waals surface area contributed by atoms with Crippen molar-refractivity contribution >= 4 is 12.0 Å². The quantitative estimate of drug-likeness (QED) is 0.758. The van der Waals surface area contributed by atoms with Crippen LogP contribution in [0, 0.1) is 0 Å². The Morgan fingerprint density at radius 2 is 1.96 bits per heavy atom. The van der Waals surface area contributed by atoms with Crippen LogP contribution in [0.3, 0.4) is 0 Å². The first kappa shape index (κ1) is 18.1. The maximum Gasteiger partial charge on any atom is 0.252 e. The number of nitrogens with zero attached hydrogens (tertiary/aromatic N) is 1. The van der Waals surface area contributed by atoms with Crippen molar-refractivity contribution in [2.24, 2.45) is 0 Å². The Hall–Kier alpha value is -2.75. The molecule has 2 aromatic rings. The molecule has 4 nitrogen and oxygen atoms in total. The number of carbonyl (C=O) groups is 1. The summed E-state index contributed by atoms with van der Waals surface area (Å²) in [6.45, 7) is 3.52. The molecule has 0 aromatic heterocycles. The van der Waals surface area contributed by atoms with Crippen LogP contribution >= 0.6 is 0 Å². The molecule has 0 N–H and O–H groups in total. The normalized spacial score (nSPS) is 12.6. The fourth-order valence-electron chi connectivity index (χ4n) is 3.08. The topological polar surface area (TPSA) is 38.8 Å². The zero-order valence-electron chi connectivity index (χ0n) is 15.4. The van der Waals surface area contributed by atoms with Gasteiger partial charge in [0, 0.05) is 19.2 Å². The van der Waals surface area contributed by atoms with Gasteiger partial charge < -0.3 is 14.4 Å². The molecule has 0 saturated heterocycles. The van der Waals surface area contributed by atoms with Crippen molar-refractivity contribution in [3.8, 4) is 11.5 Å². The number of hydrogen-bond donors (Lipinski definition) is 0. The highest BCUT2D eigenvalue weighted by Gasteiger charge is 2.22. The maximum absolute atomic E-state index is 12.7. The number of ether oxygens (including phenoxy) is 2. The van der Waals surface area contributed by atoms with Gasteiger partial charge in [-0.15, -0.1) is 0 Å². The lowest BCUT2D eigenvalue weighted by Crippen LogP contribution is -2.32. The molecule has 4 heteroatoms. The number of benzene rings is 2. The van der Waals surface area contributed by atoms with Crippen LogP contribution in [0.1, 0.15) is 24.5 Å². The first-order chi connectivity index (χ1) is 12.7. The molecule has 136 valence electrons. The number of carbonyl (C=O) groups excluding carboxylic acids is 1. The molecule has 0 bridgehead atoms. The van der Waals surface area contributed by atoms with Crippen molar-refractivity contribution < 1.29 is 14.3 Å². The summed E-state index contributed by atoms with van der Waals surface area (Å²) in [4.78, 5) is 14.5. The van der Waals surface area contributed by atoms with Gasteiger partial charge in [-0.05, 0) is 37.5 Å². The number of likely N-dealkylation sites (N-methyl/N-ethyl adjacent to an activating group) is 1. The van der Waals surface area contributed by atoms with Crippen LogP contribution in [-0.4, -0.2) is 37.6 Å². The zero-order valence-corrected chi connectivity index (χ0v) is 15.4. The highest BCUT2D eigenvalue weighted by Crippen LogP contribution is 2.36. The molecular weight excluding hydrogens is 326 g/mol. The molecule has 0 aliphatic carbocycles. The summed E-state index contributed by atoms with van der Waals surface area (Å²) >= 11 is 0. The molecule has 3 rings (SSSR count).